The van der Waals surface area contributed by atoms with Gasteiger partial charge < -0.3 is 11.1 Å². The summed E-state index contributed by atoms with van der Waals surface area (Å²) in [5, 5.41) is 14.4. The molecular weight excluding hydrogens is 291 g/mol. The average Bonchev–Trinajstić information content (AvgIpc) is 2.32. The molecule has 0 aliphatic carbocycles. The molecule has 0 saturated carbocycles. The van der Waals surface area contributed by atoms with E-state index in [9.17, 15) is 10.1 Å². The Hall–Kier alpha value is -2.05. The van der Waals surface area contributed by atoms with Crippen LogP contribution in [0, 0.1) is 10.1 Å². The molecule has 2 aromatic rings. The van der Waals surface area contributed by atoms with Crippen molar-refractivity contribution in [2.45, 2.75) is 0 Å². The number of nitrogens with one attached hydrogen (secondary N) is 1. The number of benzene rings is 1. The molecule has 0 spiro atoms. The standard InChI is InChI=1S/C11H8Cl2N4O2/c12-6-1-2-8(7(13)5-6)15-10-4-3-9(17(18)19)11(14)16-10/h1-5H,(H3,14,15,16). The number of aromatic nitrogens is 1. The summed E-state index contributed by atoms with van der Waals surface area (Å²) in [6.45, 7) is 0. The van der Waals surface area contributed by atoms with Crippen LogP contribution in [0.4, 0.5) is 23.0 Å². The molecule has 1 heterocycles. The summed E-state index contributed by atoms with van der Waals surface area (Å²) < 4.78 is 0. The molecule has 19 heavy (non-hydrogen) atoms. The summed E-state index contributed by atoms with van der Waals surface area (Å²) in [7, 11) is 0. The van der Waals surface area contributed by atoms with Crippen molar-refractivity contribution in [1.82, 2.24) is 4.98 Å². The molecule has 0 amide bonds. The van der Waals surface area contributed by atoms with Crippen molar-refractivity contribution < 1.29 is 4.92 Å². The van der Waals surface area contributed by atoms with Gasteiger partial charge in [0, 0.05) is 11.1 Å². The maximum Gasteiger partial charge on any atom is 0.311 e. The quantitative estimate of drug-likeness (QED) is 0.666. The fraction of sp³-hybridized carbons (Fsp3) is 0. The summed E-state index contributed by atoms with van der Waals surface area (Å²) in [5.74, 6) is 0.187. The highest BCUT2D eigenvalue weighted by atomic mass is 35.5. The van der Waals surface area contributed by atoms with E-state index in [-0.39, 0.29) is 11.5 Å². The van der Waals surface area contributed by atoms with E-state index >= 15 is 0 Å². The van der Waals surface area contributed by atoms with Crippen LogP contribution in [-0.4, -0.2) is 9.91 Å². The lowest BCUT2D eigenvalue weighted by atomic mass is 10.3. The predicted molar refractivity (Wildman–Crippen MR) is 75.0 cm³/mol. The summed E-state index contributed by atoms with van der Waals surface area (Å²) in [6, 6.07) is 7.61. The predicted octanol–water partition coefficient (Wildman–Crippen LogP) is 3.62. The smallest absolute Gasteiger partial charge is 0.311 e. The second-order valence-corrected chi connectivity index (χ2v) is 4.45. The highest BCUT2D eigenvalue weighted by Gasteiger charge is 2.13. The molecule has 0 bridgehead atoms. The monoisotopic (exact) mass is 298 g/mol. The molecule has 6 nitrogen and oxygen atoms in total. The normalized spacial score (nSPS) is 10.2. The molecule has 3 N–H and O–H groups in total. The third kappa shape index (κ3) is 3.04. The molecular formula is C11H8Cl2N4O2. The Labute approximate surface area is 118 Å². The largest absolute Gasteiger partial charge is 0.378 e. The first-order valence-electron chi connectivity index (χ1n) is 5.10. The van der Waals surface area contributed by atoms with Crippen LogP contribution in [0.3, 0.4) is 0 Å². The molecule has 2 rings (SSSR count). The van der Waals surface area contributed by atoms with Gasteiger partial charge >= 0.3 is 5.69 Å². The first-order chi connectivity index (χ1) is 8.97. The average molecular weight is 299 g/mol. The Morgan fingerprint density at radius 3 is 2.58 bits per heavy atom. The van der Waals surface area contributed by atoms with Crippen molar-refractivity contribution in [3.63, 3.8) is 0 Å². The Bertz CT molecular complexity index is 649. The lowest BCUT2D eigenvalue weighted by Gasteiger charge is -2.08. The summed E-state index contributed by atoms with van der Waals surface area (Å²) in [4.78, 5) is 13.9. The molecule has 0 radical (unpaired) electrons. The number of nitro groups is 1. The van der Waals surface area contributed by atoms with Crippen LogP contribution in [0.1, 0.15) is 0 Å². The summed E-state index contributed by atoms with van der Waals surface area (Å²) in [6.07, 6.45) is 0. The minimum absolute atomic E-state index is 0.167. The van der Waals surface area contributed by atoms with Crippen LogP contribution in [0.2, 0.25) is 10.0 Å². The number of nitrogens with zero attached hydrogens (tertiary/aromatic N) is 2. The van der Waals surface area contributed by atoms with Crippen LogP contribution in [0.25, 0.3) is 0 Å². The third-order valence-electron chi connectivity index (χ3n) is 2.29. The van der Waals surface area contributed by atoms with Crippen molar-refractivity contribution in [2.24, 2.45) is 0 Å². The Morgan fingerprint density at radius 2 is 2.00 bits per heavy atom. The van der Waals surface area contributed by atoms with Gasteiger partial charge in [-0.15, -0.1) is 0 Å². The Balaban J connectivity index is 2.29. The number of anilines is 3. The lowest BCUT2D eigenvalue weighted by Crippen LogP contribution is -2.01. The minimum Gasteiger partial charge on any atom is -0.378 e. The maximum atomic E-state index is 10.6. The number of hydrogen-bond acceptors (Lipinski definition) is 5. The second-order valence-electron chi connectivity index (χ2n) is 3.61. The van der Waals surface area contributed by atoms with E-state index in [0.717, 1.165) is 0 Å². The van der Waals surface area contributed by atoms with Crippen molar-refractivity contribution in [3.05, 3.63) is 50.5 Å². The molecule has 8 heteroatoms. The molecule has 1 aromatic carbocycles. The van der Waals surface area contributed by atoms with E-state index < -0.39 is 4.92 Å². The van der Waals surface area contributed by atoms with E-state index in [0.29, 0.717) is 21.6 Å². The maximum absolute atomic E-state index is 10.6. The van der Waals surface area contributed by atoms with Gasteiger partial charge in [-0.25, -0.2) is 4.98 Å². The van der Waals surface area contributed by atoms with E-state index in [1.807, 2.05) is 0 Å². The number of halogens is 2. The highest BCUT2D eigenvalue weighted by molar-refractivity contribution is 6.36. The second kappa shape index (κ2) is 5.29. The first-order valence-corrected chi connectivity index (χ1v) is 5.86. The van der Waals surface area contributed by atoms with Gasteiger partial charge in [-0.3, -0.25) is 10.1 Å². The Morgan fingerprint density at radius 1 is 1.26 bits per heavy atom. The molecule has 1 aromatic heterocycles. The SMILES string of the molecule is Nc1nc(Nc2ccc(Cl)cc2Cl)ccc1[N+](=O)[O-]. The fourth-order valence-electron chi connectivity index (χ4n) is 1.42. The molecule has 0 atom stereocenters. The Kier molecular flexibility index (Phi) is 3.73. The number of nitrogen functional groups attached to an aromatic ring is 1. The van der Waals surface area contributed by atoms with Crippen molar-refractivity contribution in [2.75, 3.05) is 11.1 Å². The first kappa shape index (κ1) is 13.4. The summed E-state index contributed by atoms with van der Waals surface area (Å²) in [5.41, 5.74) is 5.82. The zero-order valence-electron chi connectivity index (χ0n) is 9.43. The molecule has 98 valence electrons. The number of pyridine rings is 1. The van der Waals surface area contributed by atoms with Gasteiger partial charge in [0.15, 0.2) is 0 Å². The van der Waals surface area contributed by atoms with Gasteiger partial charge in [-0.1, -0.05) is 23.2 Å². The van der Waals surface area contributed by atoms with E-state index in [2.05, 4.69) is 10.3 Å². The van der Waals surface area contributed by atoms with E-state index in [1.165, 1.54) is 12.1 Å². The number of nitrogens with two attached hydrogens (primary N) is 1. The zero-order chi connectivity index (χ0) is 14.0. The third-order valence-corrected chi connectivity index (χ3v) is 2.84. The van der Waals surface area contributed by atoms with Gasteiger partial charge in [0.1, 0.15) is 5.82 Å². The van der Waals surface area contributed by atoms with Crippen LogP contribution in [-0.2, 0) is 0 Å². The van der Waals surface area contributed by atoms with Crippen LogP contribution in [0.15, 0.2) is 30.3 Å². The van der Waals surface area contributed by atoms with E-state index in [4.69, 9.17) is 28.9 Å². The van der Waals surface area contributed by atoms with Gasteiger partial charge in [0.05, 0.1) is 15.6 Å². The molecule has 0 fully saturated rings. The van der Waals surface area contributed by atoms with Gasteiger partial charge in [0.2, 0.25) is 5.82 Å². The molecule has 0 aliphatic rings. The van der Waals surface area contributed by atoms with Gasteiger partial charge in [-0.05, 0) is 24.3 Å². The lowest BCUT2D eigenvalue weighted by molar-refractivity contribution is -0.384. The number of rotatable bonds is 3. The number of hydrogen-bond donors (Lipinski definition) is 2. The molecule has 0 aliphatic heterocycles. The fourth-order valence-corrected chi connectivity index (χ4v) is 1.88. The van der Waals surface area contributed by atoms with Crippen LogP contribution >= 0.6 is 23.2 Å². The van der Waals surface area contributed by atoms with Crippen molar-refractivity contribution in [3.8, 4) is 0 Å². The zero-order valence-corrected chi connectivity index (χ0v) is 10.9. The summed E-state index contributed by atoms with van der Waals surface area (Å²) >= 11 is 11.8. The van der Waals surface area contributed by atoms with Crippen LogP contribution in [0.5, 0.6) is 0 Å². The van der Waals surface area contributed by atoms with E-state index in [1.54, 1.807) is 18.2 Å². The molecule has 0 unspecified atom stereocenters. The van der Waals surface area contributed by atoms with Crippen LogP contribution < -0.4 is 11.1 Å². The highest BCUT2D eigenvalue weighted by Crippen LogP contribution is 2.29. The van der Waals surface area contributed by atoms with Gasteiger partial charge in [0.25, 0.3) is 0 Å². The topological polar surface area (TPSA) is 94.1 Å². The van der Waals surface area contributed by atoms with Gasteiger partial charge in [-0.2, -0.15) is 0 Å². The molecule has 0 saturated heterocycles. The van der Waals surface area contributed by atoms with Crippen molar-refractivity contribution >= 4 is 46.2 Å². The van der Waals surface area contributed by atoms with Crippen molar-refractivity contribution in [1.29, 1.82) is 0 Å². The minimum atomic E-state index is -0.596.